The van der Waals surface area contributed by atoms with Gasteiger partial charge in [-0.2, -0.15) is 0 Å². The highest BCUT2D eigenvalue weighted by molar-refractivity contribution is 5.88. The number of nitrogens with zero attached hydrogens (tertiary/aromatic N) is 2. The number of aliphatic hydroxyl groups excluding tert-OH is 2. The molecule has 17 heavy (non-hydrogen) atoms. The first kappa shape index (κ1) is 11.7. The lowest BCUT2D eigenvalue weighted by Gasteiger charge is -2.15. The van der Waals surface area contributed by atoms with Crippen LogP contribution in [0.1, 0.15) is 0 Å². The number of rotatable bonds is 4. The van der Waals surface area contributed by atoms with Gasteiger partial charge in [0.1, 0.15) is 18.0 Å². The average molecular weight is 237 g/mol. The van der Waals surface area contributed by atoms with Gasteiger partial charge in [0.15, 0.2) is 0 Å². The van der Waals surface area contributed by atoms with Gasteiger partial charge in [-0.3, -0.25) is 0 Å². The maximum atomic E-state index is 13.1. The first-order chi connectivity index (χ1) is 8.24. The van der Waals surface area contributed by atoms with Crippen molar-refractivity contribution in [2.75, 3.05) is 18.5 Å². The zero-order valence-electron chi connectivity index (χ0n) is 8.97. The molecule has 6 heteroatoms. The van der Waals surface area contributed by atoms with Crippen LogP contribution in [0.3, 0.4) is 0 Å². The van der Waals surface area contributed by atoms with E-state index in [4.69, 9.17) is 10.2 Å². The lowest BCUT2D eigenvalue weighted by Crippen LogP contribution is -2.28. The van der Waals surface area contributed by atoms with E-state index in [0.29, 0.717) is 16.7 Å². The first-order valence-corrected chi connectivity index (χ1v) is 5.13. The van der Waals surface area contributed by atoms with Crippen molar-refractivity contribution in [3.63, 3.8) is 0 Å². The third-order valence-electron chi connectivity index (χ3n) is 2.38. The summed E-state index contributed by atoms with van der Waals surface area (Å²) < 4.78 is 13.1. The molecule has 90 valence electrons. The number of fused-ring (bicyclic) bond motifs is 1. The molecule has 0 saturated carbocycles. The molecule has 0 aliphatic heterocycles. The fourth-order valence-corrected chi connectivity index (χ4v) is 1.49. The van der Waals surface area contributed by atoms with Crippen LogP contribution in [-0.4, -0.2) is 39.4 Å². The van der Waals surface area contributed by atoms with E-state index in [1.807, 2.05) is 0 Å². The van der Waals surface area contributed by atoms with E-state index in [0.717, 1.165) is 0 Å². The summed E-state index contributed by atoms with van der Waals surface area (Å²) in [5, 5.41) is 21.3. The molecule has 0 amide bonds. The molecule has 0 radical (unpaired) electrons. The molecular weight excluding hydrogens is 225 g/mol. The normalized spacial score (nSPS) is 11.1. The number of nitrogens with one attached hydrogen (secondary N) is 1. The third kappa shape index (κ3) is 2.48. The van der Waals surface area contributed by atoms with Gasteiger partial charge in [0, 0.05) is 5.39 Å². The van der Waals surface area contributed by atoms with Crippen LogP contribution in [0.2, 0.25) is 0 Å². The molecule has 0 atom stereocenters. The molecule has 0 unspecified atom stereocenters. The van der Waals surface area contributed by atoms with E-state index in [1.54, 1.807) is 6.07 Å². The third-order valence-corrected chi connectivity index (χ3v) is 2.38. The Bertz CT molecular complexity index is 517. The predicted octanol–water partition coefficient (Wildman–Crippen LogP) is 0.534. The van der Waals surface area contributed by atoms with Crippen molar-refractivity contribution in [3.05, 3.63) is 30.3 Å². The van der Waals surface area contributed by atoms with Crippen LogP contribution in [0.5, 0.6) is 0 Å². The number of hydrogen-bond acceptors (Lipinski definition) is 5. The average Bonchev–Trinajstić information content (AvgIpc) is 2.36. The molecule has 0 spiro atoms. The van der Waals surface area contributed by atoms with E-state index in [2.05, 4.69) is 15.3 Å². The molecule has 1 aromatic heterocycles. The van der Waals surface area contributed by atoms with E-state index < -0.39 is 6.04 Å². The van der Waals surface area contributed by atoms with Crippen molar-refractivity contribution < 1.29 is 14.6 Å². The monoisotopic (exact) mass is 237 g/mol. The van der Waals surface area contributed by atoms with Crippen LogP contribution in [0, 0.1) is 5.82 Å². The van der Waals surface area contributed by atoms with Crippen molar-refractivity contribution in [1.82, 2.24) is 9.97 Å². The molecule has 0 bridgehead atoms. The molecule has 0 aliphatic rings. The fourth-order valence-electron chi connectivity index (χ4n) is 1.49. The Morgan fingerprint density at radius 2 is 2.00 bits per heavy atom. The van der Waals surface area contributed by atoms with E-state index in [9.17, 15) is 4.39 Å². The molecule has 2 rings (SSSR count). The summed E-state index contributed by atoms with van der Waals surface area (Å²) in [5.41, 5.74) is 0.596. The summed E-state index contributed by atoms with van der Waals surface area (Å²) in [6.45, 7) is -0.478. The molecule has 5 nitrogen and oxygen atoms in total. The topological polar surface area (TPSA) is 78.3 Å². The maximum Gasteiger partial charge on any atom is 0.137 e. The molecule has 3 N–H and O–H groups in total. The maximum absolute atomic E-state index is 13.1. The van der Waals surface area contributed by atoms with Gasteiger partial charge in [0.2, 0.25) is 0 Å². The van der Waals surface area contributed by atoms with Crippen LogP contribution in [0.4, 0.5) is 10.2 Å². The number of anilines is 1. The highest BCUT2D eigenvalue weighted by atomic mass is 19.1. The Morgan fingerprint density at radius 3 is 2.71 bits per heavy atom. The smallest absolute Gasteiger partial charge is 0.137 e. The van der Waals surface area contributed by atoms with Crippen molar-refractivity contribution >= 4 is 16.7 Å². The van der Waals surface area contributed by atoms with Gasteiger partial charge in [-0.1, -0.05) is 0 Å². The molecule has 0 aliphatic carbocycles. The van der Waals surface area contributed by atoms with E-state index in [1.165, 1.54) is 18.5 Å². The van der Waals surface area contributed by atoms with Crippen LogP contribution >= 0.6 is 0 Å². The Balaban J connectivity index is 2.42. The van der Waals surface area contributed by atoms with Crippen LogP contribution in [0.25, 0.3) is 10.9 Å². The fraction of sp³-hybridized carbons (Fsp3) is 0.273. The van der Waals surface area contributed by atoms with Crippen molar-refractivity contribution in [1.29, 1.82) is 0 Å². The number of aliphatic hydroxyl groups is 2. The molecule has 1 heterocycles. The minimum absolute atomic E-state index is 0.239. The number of hydrogen-bond donors (Lipinski definition) is 3. The summed E-state index contributed by atoms with van der Waals surface area (Å²) >= 11 is 0. The number of halogens is 1. The van der Waals surface area contributed by atoms with Gasteiger partial charge in [0.25, 0.3) is 0 Å². The standard InChI is InChI=1S/C11H12FN3O2/c12-7-1-2-10-9(3-7)11(14-6-13-10)15-8(4-16)5-17/h1-3,6,8,16-17H,4-5H2,(H,13,14,15). The quantitative estimate of drug-likeness (QED) is 0.723. The van der Waals surface area contributed by atoms with Crippen LogP contribution in [-0.2, 0) is 0 Å². The van der Waals surface area contributed by atoms with Crippen LogP contribution < -0.4 is 5.32 Å². The highest BCUT2D eigenvalue weighted by Crippen LogP contribution is 2.20. The minimum Gasteiger partial charge on any atom is -0.394 e. The summed E-state index contributed by atoms with van der Waals surface area (Å²) in [6.07, 6.45) is 1.34. The Hall–Kier alpha value is -1.79. The largest absolute Gasteiger partial charge is 0.394 e. The summed E-state index contributed by atoms with van der Waals surface area (Å²) in [6, 6.07) is 3.64. The zero-order valence-corrected chi connectivity index (χ0v) is 8.97. The second-order valence-corrected chi connectivity index (χ2v) is 3.59. The van der Waals surface area contributed by atoms with Gasteiger partial charge in [-0.05, 0) is 18.2 Å². The van der Waals surface area contributed by atoms with Crippen molar-refractivity contribution in [2.45, 2.75) is 6.04 Å². The van der Waals surface area contributed by atoms with Crippen molar-refractivity contribution in [3.8, 4) is 0 Å². The molecule has 0 saturated heterocycles. The SMILES string of the molecule is OCC(CO)Nc1ncnc2ccc(F)cc12. The number of benzene rings is 1. The second kappa shape index (κ2) is 5.03. The predicted molar refractivity (Wildman–Crippen MR) is 61.1 cm³/mol. The molecule has 1 aromatic carbocycles. The Morgan fingerprint density at radius 1 is 1.24 bits per heavy atom. The van der Waals surface area contributed by atoms with Gasteiger partial charge in [-0.25, -0.2) is 14.4 Å². The second-order valence-electron chi connectivity index (χ2n) is 3.59. The number of aromatic nitrogens is 2. The van der Waals surface area contributed by atoms with Gasteiger partial charge < -0.3 is 15.5 Å². The Labute approximate surface area is 97.0 Å². The van der Waals surface area contributed by atoms with E-state index in [-0.39, 0.29) is 19.0 Å². The van der Waals surface area contributed by atoms with Crippen LogP contribution in [0.15, 0.2) is 24.5 Å². The summed E-state index contributed by atoms with van der Waals surface area (Å²) in [7, 11) is 0. The molecule has 0 fully saturated rings. The zero-order chi connectivity index (χ0) is 12.3. The van der Waals surface area contributed by atoms with Gasteiger partial charge in [0.05, 0.1) is 24.8 Å². The van der Waals surface area contributed by atoms with Gasteiger partial charge in [-0.15, -0.1) is 0 Å². The first-order valence-electron chi connectivity index (χ1n) is 5.13. The highest BCUT2D eigenvalue weighted by Gasteiger charge is 2.10. The summed E-state index contributed by atoms with van der Waals surface area (Å²) in [5.74, 6) is 0.00231. The summed E-state index contributed by atoms with van der Waals surface area (Å²) in [4.78, 5) is 7.97. The molecule has 2 aromatic rings. The lowest BCUT2D eigenvalue weighted by atomic mass is 10.2. The lowest BCUT2D eigenvalue weighted by molar-refractivity contribution is 0.203. The van der Waals surface area contributed by atoms with Crippen molar-refractivity contribution in [2.24, 2.45) is 0 Å². The molecular formula is C11H12FN3O2. The van der Waals surface area contributed by atoms with E-state index >= 15 is 0 Å². The Kier molecular flexibility index (Phi) is 3.46. The minimum atomic E-state index is -0.531. The van der Waals surface area contributed by atoms with Gasteiger partial charge >= 0.3 is 0 Å².